The lowest BCUT2D eigenvalue weighted by Crippen LogP contribution is -2.49. The Bertz CT molecular complexity index is 129. The molecular formula is C8H18ClNO. The van der Waals surface area contributed by atoms with Crippen LogP contribution in [0.25, 0.3) is 0 Å². The molecule has 2 N–H and O–H groups in total. The minimum atomic E-state index is -0.160. The van der Waals surface area contributed by atoms with Gasteiger partial charge in [0.1, 0.15) is 0 Å². The molecule has 0 spiro atoms. The summed E-state index contributed by atoms with van der Waals surface area (Å²) in [5.74, 6) is 0.505. The van der Waals surface area contributed by atoms with Crippen LogP contribution in [-0.2, 0) is 0 Å². The summed E-state index contributed by atoms with van der Waals surface area (Å²) in [6, 6.07) is 0. The van der Waals surface area contributed by atoms with Crippen molar-refractivity contribution in [3.05, 3.63) is 0 Å². The summed E-state index contributed by atoms with van der Waals surface area (Å²) in [5, 5.41) is 12.9. The summed E-state index contributed by atoms with van der Waals surface area (Å²) in [6.45, 7) is 7.33. The Morgan fingerprint density at radius 2 is 2.09 bits per heavy atom. The third-order valence-electron chi connectivity index (χ3n) is 2.82. The molecule has 1 aliphatic heterocycles. The fourth-order valence-electron chi connectivity index (χ4n) is 1.48. The van der Waals surface area contributed by atoms with Crippen molar-refractivity contribution in [3.63, 3.8) is 0 Å². The standard InChI is InChI=1S/C8H17NO.ClH/c1-6(2)8(3)7(10)4-5-9-8;/h6-7,9-10H,4-5H2,1-3H3;1H. The fourth-order valence-corrected chi connectivity index (χ4v) is 1.48. The second-order valence-electron chi connectivity index (χ2n) is 3.67. The van der Waals surface area contributed by atoms with E-state index in [1.807, 2.05) is 0 Å². The molecule has 0 bridgehead atoms. The van der Waals surface area contributed by atoms with Crippen LogP contribution in [0.5, 0.6) is 0 Å². The van der Waals surface area contributed by atoms with Crippen molar-refractivity contribution < 1.29 is 5.11 Å². The SMILES string of the molecule is CC(C)C1(C)NCCC1O.Cl. The summed E-state index contributed by atoms with van der Waals surface area (Å²) >= 11 is 0. The average molecular weight is 180 g/mol. The van der Waals surface area contributed by atoms with Crippen LogP contribution in [0.4, 0.5) is 0 Å². The van der Waals surface area contributed by atoms with Crippen molar-refractivity contribution in [3.8, 4) is 0 Å². The zero-order valence-electron chi connectivity index (χ0n) is 7.42. The van der Waals surface area contributed by atoms with E-state index in [9.17, 15) is 5.11 Å². The van der Waals surface area contributed by atoms with E-state index in [-0.39, 0.29) is 24.0 Å². The lowest BCUT2D eigenvalue weighted by atomic mass is 9.85. The van der Waals surface area contributed by atoms with Crippen LogP contribution < -0.4 is 5.32 Å². The van der Waals surface area contributed by atoms with E-state index in [0.29, 0.717) is 5.92 Å². The Hall–Kier alpha value is 0.210. The molecule has 1 heterocycles. The van der Waals surface area contributed by atoms with Crippen LogP contribution in [-0.4, -0.2) is 23.3 Å². The molecule has 0 aromatic rings. The van der Waals surface area contributed by atoms with Gasteiger partial charge < -0.3 is 10.4 Å². The number of aliphatic hydroxyl groups excluding tert-OH is 1. The number of aliphatic hydroxyl groups is 1. The lowest BCUT2D eigenvalue weighted by Gasteiger charge is -2.32. The van der Waals surface area contributed by atoms with Gasteiger partial charge in [-0.25, -0.2) is 0 Å². The average Bonchev–Trinajstić information content (AvgIpc) is 2.15. The monoisotopic (exact) mass is 179 g/mol. The number of halogens is 1. The first-order valence-electron chi connectivity index (χ1n) is 4.00. The quantitative estimate of drug-likeness (QED) is 0.634. The summed E-state index contributed by atoms with van der Waals surface area (Å²) in [6.07, 6.45) is 0.738. The van der Waals surface area contributed by atoms with Crippen molar-refractivity contribution in [2.75, 3.05) is 6.54 Å². The number of hydrogen-bond acceptors (Lipinski definition) is 2. The first-order valence-corrected chi connectivity index (χ1v) is 4.00. The third kappa shape index (κ3) is 1.86. The summed E-state index contributed by atoms with van der Waals surface area (Å²) in [7, 11) is 0. The van der Waals surface area contributed by atoms with Crippen molar-refractivity contribution in [2.24, 2.45) is 5.92 Å². The van der Waals surface area contributed by atoms with E-state index in [4.69, 9.17) is 0 Å². The van der Waals surface area contributed by atoms with Gasteiger partial charge in [0.2, 0.25) is 0 Å². The van der Waals surface area contributed by atoms with E-state index in [1.54, 1.807) is 0 Å². The largest absolute Gasteiger partial charge is 0.391 e. The molecule has 1 rings (SSSR count). The van der Waals surface area contributed by atoms with Crippen molar-refractivity contribution in [1.82, 2.24) is 5.32 Å². The van der Waals surface area contributed by atoms with Crippen LogP contribution in [0.3, 0.4) is 0 Å². The van der Waals surface area contributed by atoms with E-state index < -0.39 is 0 Å². The molecule has 2 unspecified atom stereocenters. The molecule has 2 nitrogen and oxygen atoms in total. The molecule has 2 atom stereocenters. The molecule has 11 heavy (non-hydrogen) atoms. The van der Waals surface area contributed by atoms with Crippen LogP contribution in [0.1, 0.15) is 27.2 Å². The zero-order chi connectivity index (χ0) is 7.78. The highest BCUT2D eigenvalue weighted by Gasteiger charge is 2.39. The number of nitrogens with one attached hydrogen (secondary N) is 1. The third-order valence-corrected chi connectivity index (χ3v) is 2.82. The van der Waals surface area contributed by atoms with Crippen LogP contribution in [0.15, 0.2) is 0 Å². The molecule has 0 aromatic carbocycles. The van der Waals surface area contributed by atoms with Crippen molar-refractivity contribution in [1.29, 1.82) is 0 Å². The molecule has 1 aliphatic rings. The van der Waals surface area contributed by atoms with Crippen molar-refractivity contribution in [2.45, 2.75) is 38.8 Å². The van der Waals surface area contributed by atoms with Crippen molar-refractivity contribution >= 4 is 12.4 Å². The van der Waals surface area contributed by atoms with Gasteiger partial charge >= 0.3 is 0 Å². The smallest absolute Gasteiger partial charge is 0.0733 e. The highest BCUT2D eigenvalue weighted by Crippen LogP contribution is 2.26. The highest BCUT2D eigenvalue weighted by atomic mass is 35.5. The van der Waals surface area contributed by atoms with Gasteiger partial charge in [-0.2, -0.15) is 0 Å². The first kappa shape index (κ1) is 11.2. The summed E-state index contributed by atoms with van der Waals surface area (Å²) < 4.78 is 0. The Balaban J connectivity index is 0.000001000. The second-order valence-corrected chi connectivity index (χ2v) is 3.67. The summed E-state index contributed by atoms with van der Waals surface area (Å²) in [4.78, 5) is 0. The first-order chi connectivity index (χ1) is 4.57. The van der Waals surface area contributed by atoms with Gasteiger partial charge in [0.15, 0.2) is 0 Å². The molecule has 0 aliphatic carbocycles. The van der Waals surface area contributed by atoms with E-state index >= 15 is 0 Å². The molecule has 0 amide bonds. The maximum absolute atomic E-state index is 9.56. The number of hydrogen-bond donors (Lipinski definition) is 2. The van der Waals surface area contributed by atoms with E-state index in [0.717, 1.165) is 13.0 Å². The fraction of sp³-hybridized carbons (Fsp3) is 1.00. The molecular weight excluding hydrogens is 162 g/mol. The van der Waals surface area contributed by atoms with Gasteiger partial charge in [-0.3, -0.25) is 0 Å². The van der Waals surface area contributed by atoms with Gasteiger partial charge in [0.25, 0.3) is 0 Å². The topological polar surface area (TPSA) is 32.3 Å². The van der Waals surface area contributed by atoms with E-state index in [2.05, 4.69) is 26.1 Å². The minimum Gasteiger partial charge on any atom is -0.391 e. The zero-order valence-corrected chi connectivity index (χ0v) is 8.24. The van der Waals surface area contributed by atoms with Gasteiger partial charge in [-0.1, -0.05) is 13.8 Å². The van der Waals surface area contributed by atoms with Crippen LogP contribution in [0.2, 0.25) is 0 Å². The van der Waals surface area contributed by atoms with Gasteiger partial charge in [0, 0.05) is 5.54 Å². The number of rotatable bonds is 1. The predicted molar refractivity (Wildman–Crippen MR) is 49.1 cm³/mol. The highest BCUT2D eigenvalue weighted by molar-refractivity contribution is 5.85. The molecule has 1 saturated heterocycles. The van der Waals surface area contributed by atoms with Gasteiger partial charge in [0.05, 0.1) is 6.10 Å². The molecule has 0 radical (unpaired) electrons. The molecule has 1 fully saturated rings. The Kier molecular flexibility index (Phi) is 3.82. The minimum absolute atomic E-state index is 0. The lowest BCUT2D eigenvalue weighted by molar-refractivity contribution is 0.0786. The normalized spacial score (nSPS) is 37.4. The maximum Gasteiger partial charge on any atom is 0.0733 e. The predicted octanol–water partition coefficient (Wildman–Crippen LogP) is 1.18. The van der Waals surface area contributed by atoms with Crippen LogP contribution in [0, 0.1) is 5.92 Å². The Morgan fingerprint density at radius 1 is 1.55 bits per heavy atom. The van der Waals surface area contributed by atoms with E-state index in [1.165, 1.54) is 0 Å². The van der Waals surface area contributed by atoms with Gasteiger partial charge in [-0.15, -0.1) is 12.4 Å². The second kappa shape index (κ2) is 3.74. The molecule has 0 saturated carbocycles. The Morgan fingerprint density at radius 3 is 2.27 bits per heavy atom. The van der Waals surface area contributed by atoms with Gasteiger partial charge in [-0.05, 0) is 25.8 Å². The molecule has 68 valence electrons. The Labute approximate surface area is 74.8 Å². The molecule has 3 heteroatoms. The maximum atomic E-state index is 9.56. The molecule has 0 aromatic heterocycles. The summed E-state index contributed by atoms with van der Waals surface area (Å²) in [5.41, 5.74) is -0.0417. The van der Waals surface area contributed by atoms with Crippen LogP contribution >= 0.6 is 12.4 Å².